The zero-order valence-corrected chi connectivity index (χ0v) is 6.01. The molecule has 0 aromatic rings. The summed E-state index contributed by atoms with van der Waals surface area (Å²) in [6.07, 6.45) is 0. The molecule has 0 aliphatic heterocycles. The van der Waals surface area contributed by atoms with Crippen molar-refractivity contribution in [2.75, 3.05) is 0 Å². The summed E-state index contributed by atoms with van der Waals surface area (Å²) in [7, 11) is -5.64. The first kappa shape index (κ1) is 15.8. The fraction of sp³-hybridized carbons (Fsp3) is 0. The monoisotopic (exact) mass is 153 g/mol. The van der Waals surface area contributed by atoms with E-state index in [9.17, 15) is 4.20 Å². The summed E-state index contributed by atoms with van der Waals surface area (Å²) in [6, 6.07) is 0. The Balaban J connectivity index is -0.0000000800. The fourth-order valence-electron chi connectivity index (χ4n) is 0. The van der Waals surface area contributed by atoms with E-state index in [1.165, 1.54) is 0 Å². The minimum atomic E-state index is -5.64. The summed E-state index contributed by atoms with van der Waals surface area (Å²) in [5.74, 6) is 0. The molecule has 0 aliphatic rings. The number of hydrogen-bond donors (Lipinski definition) is 0. The van der Waals surface area contributed by atoms with Crippen LogP contribution in [0.1, 0.15) is 0 Å². The molecule has 0 amide bonds. The van der Waals surface area contributed by atoms with Crippen molar-refractivity contribution in [1.29, 1.82) is 0 Å². The van der Waals surface area contributed by atoms with Crippen molar-refractivity contribution in [2.45, 2.75) is 0 Å². The molecule has 0 heterocycles. The molecule has 0 unspecified atom stereocenters. The van der Waals surface area contributed by atoms with Gasteiger partial charge < -0.3 is 14.4 Å². The molecule has 0 bridgehead atoms. The standard InChI is InChI=1S/FH2O3P.Li.Ti/c1-5(2,3)4;;/h(H2,2,3,4);;/q;+1;+4/p-2. The maximum atomic E-state index is 10.1. The average molecular weight is 153 g/mol. The van der Waals surface area contributed by atoms with Crippen LogP contribution < -0.4 is 28.6 Å². The van der Waals surface area contributed by atoms with Crippen LogP contribution in [0.3, 0.4) is 0 Å². The van der Waals surface area contributed by atoms with E-state index >= 15 is 0 Å². The molecule has 32 valence electrons. The van der Waals surface area contributed by atoms with Crippen molar-refractivity contribution in [1.82, 2.24) is 0 Å². The van der Waals surface area contributed by atoms with E-state index in [4.69, 9.17) is 14.4 Å². The third kappa shape index (κ3) is 111. The van der Waals surface area contributed by atoms with Gasteiger partial charge in [0, 0.05) is 0 Å². The minimum Gasteiger partial charge on any atom is -0.786 e. The fourth-order valence-corrected chi connectivity index (χ4v) is 0. The Kier molecular flexibility index (Phi) is 12.5. The average Bonchev–Trinajstić information content (AvgIpc) is 0.722. The van der Waals surface area contributed by atoms with Gasteiger partial charge in [-0.25, -0.2) is 4.20 Å². The molecule has 0 aromatic carbocycles. The van der Waals surface area contributed by atoms with Crippen LogP contribution in [0.2, 0.25) is 0 Å². The van der Waals surface area contributed by atoms with Crippen molar-refractivity contribution in [3.8, 4) is 0 Å². The molecule has 0 radical (unpaired) electrons. The SMILES string of the molecule is O=P([O-])([O-])F.[Li+].[Ti+4]. The van der Waals surface area contributed by atoms with Gasteiger partial charge in [0.1, 0.15) is 7.91 Å². The molecule has 0 fully saturated rings. The van der Waals surface area contributed by atoms with Gasteiger partial charge in [-0.05, 0) is 0 Å². The largest absolute Gasteiger partial charge is 4.00 e. The molecule has 0 spiro atoms. The van der Waals surface area contributed by atoms with E-state index in [0.29, 0.717) is 0 Å². The molecule has 0 rings (SSSR count). The minimum absolute atomic E-state index is 0. The quantitative estimate of drug-likeness (QED) is 0.261. The topological polar surface area (TPSA) is 63.2 Å². The Hall–Kier alpha value is 1.39. The first-order chi connectivity index (χ1) is 2.00. The van der Waals surface area contributed by atoms with Gasteiger partial charge in [-0.15, -0.1) is 0 Å². The van der Waals surface area contributed by atoms with Crippen LogP contribution in [0.15, 0.2) is 0 Å². The van der Waals surface area contributed by atoms with E-state index in [0.717, 1.165) is 0 Å². The molecule has 0 aliphatic carbocycles. The van der Waals surface area contributed by atoms with Gasteiger partial charge >= 0.3 is 40.6 Å². The van der Waals surface area contributed by atoms with Crippen molar-refractivity contribution in [3.63, 3.8) is 0 Å². The third-order valence-corrected chi connectivity index (χ3v) is 0. The Bertz CT molecular complexity index is 61.1. The summed E-state index contributed by atoms with van der Waals surface area (Å²) in [6.45, 7) is 0. The first-order valence-corrected chi connectivity index (χ1v) is 2.15. The summed E-state index contributed by atoms with van der Waals surface area (Å²) in [5.41, 5.74) is 0. The predicted octanol–water partition coefficient (Wildman–Crippen LogP) is -4.21. The Labute approximate surface area is 67.0 Å². The van der Waals surface area contributed by atoms with Crippen LogP contribution in [0.25, 0.3) is 0 Å². The normalized spacial score (nSPS) is 8.43. The van der Waals surface area contributed by atoms with Crippen molar-refractivity contribution in [3.05, 3.63) is 0 Å². The maximum Gasteiger partial charge on any atom is 4.00 e. The second-order valence-corrected chi connectivity index (χ2v) is 1.29. The zero-order valence-electron chi connectivity index (χ0n) is 3.55. The molecule has 7 heteroatoms. The molecule has 7 heavy (non-hydrogen) atoms. The molecular formula is FLiO3PTi+3. The van der Waals surface area contributed by atoms with Gasteiger partial charge in [0.05, 0.1) is 0 Å². The molecular weight excluding hydrogens is 153 g/mol. The number of rotatable bonds is 0. The second-order valence-electron chi connectivity index (χ2n) is 0.431. The van der Waals surface area contributed by atoms with E-state index in [1.807, 2.05) is 0 Å². The van der Waals surface area contributed by atoms with Crippen LogP contribution in [0.4, 0.5) is 4.20 Å². The molecule has 3 nitrogen and oxygen atoms in total. The summed E-state index contributed by atoms with van der Waals surface area (Å²) in [5, 5.41) is 0. The van der Waals surface area contributed by atoms with E-state index in [1.54, 1.807) is 0 Å². The Morgan fingerprint density at radius 1 is 1.43 bits per heavy atom. The third-order valence-electron chi connectivity index (χ3n) is 0. The van der Waals surface area contributed by atoms with Crippen LogP contribution >= 0.6 is 7.91 Å². The Morgan fingerprint density at radius 2 is 1.43 bits per heavy atom. The van der Waals surface area contributed by atoms with Crippen LogP contribution in [-0.4, -0.2) is 0 Å². The Morgan fingerprint density at radius 3 is 1.43 bits per heavy atom. The van der Waals surface area contributed by atoms with Gasteiger partial charge in [-0.2, -0.15) is 0 Å². The van der Waals surface area contributed by atoms with Crippen LogP contribution in [0, 0.1) is 0 Å². The van der Waals surface area contributed by atoms with Crippen LogP contribution in [-0.2, 0) is 26.3 Å². The molecule has 0 saturated heterocycles. The van der Waals surface area contributed by atoms with E-state index < -0.39 is 7.91 Å². The van der Waals surface area contributed by atoms with Crippen molar-refractivity contribution >= 4 is 7.91 Å². The summed E-state index contributed by atoms with van der Waals surface area (Å²) >= 11 is 0. The summed E-state index contributed by atoms with van der Waals surface area (Å²) in [4.78, 5) is 16.9. The van der Waals surface area contributed by atoms with Gasteiger partial charge in [-0.1, -0.05) is 0 Å². The van der Waals surface area contributed by atoms with Crippen molar-refractivity contribution in [2.24, 2.45) is 0 Å². The zero-order chi connectivity index (χ0) is 4.50. The maximum absolute atomic E-state index is 10.1. The number of hydrogen-bond acceptors (Lipinski definition) is 3. The molecule has 0 saturated carbocycles. The van der Waals surface area contributed by atoms with Gasteiger partial charge in [0.2, 0.25) is 0 Å². The van der Waals surface area contributed by atoms with Gasteiger partial charge in [0.25, 0.3) is 0 Å². The van der Waals surface area contributed by atoms with E-state index in [2.05, 4.69) is 0 Å². The molecule has 0 aromatic heterocycles. The summed E-state index contributed by atoms with van der Waals surface area (Å²) < 4.78 is 18.6. The smallest absolute Gasteiger partial charge is 0.786 e. The first-order valence-electron chi connectivity index (χ1n) is 0.717. The second kappa shape index (κ2) is 5.53. The van der Waals surface area contributed by atoms with Crippen LogP contribution in [0.5, 0.6) is 0 Å². The predicted molar refractivity (Wildman–Crippen MR) is 8.71 cm³/mol. The van der Waals surface area contributed by atoms with Gasteiger partial charge in [-0.3, -0.25) is 0 Å². The molecule has 0 N–H and O–H groups in total. The van der Waals surface area contributed by atoms with Crippen molar-refractivity contribution < 1.29 is 59.1 Å². The number of halogens is 1. The molecule has 0 atom stereocenters. The van der Waals surface area contributed by atoms with E-state index in [-0.39, 0.29) is 40.6 Å². The van der Waals surface area contributed by atoms with Gasteiger partial charge in [0.15, 0.2) is 0 Å².